The molecule has 0 bridgehead atoms. The number of hydrogen-bond acceptors (Lipinski definition) is 4. The Kier molecular flexibility index (Phi) is 6.51. The Bertz CT molecular complexity index is 402. The second kappa shape index (κ2) is 7.90. The van der Waals surface area contributed by atoms with Crippen LogP contribution in [-0.2, 0) is 10.3 Å². The minimum absolute atomic E-state index is 0.622. The molecule has 1 aromatic rings. The van der Waals surface area contributed by atoms with E-state index in [1.54, 1.807) is 7.11 Å². The van der Waals surface area contributed by atoms with Crippen molar-refractivity contribution in [3.05, 3.63) is 35.9 Å². The molecule has 0 radical (unpaired) electrons. The molecule has 0 saturated carbocycles. The van der Waals surface area contributed by atoms with Crippen molar-refractivity contribution in [2.45, 2.75) is 18.4 Å². The van der Waals surface area contributed by atoms with E-state index in [9.17, 15) is 5.26 Å². The molecule has 0 aromatic heterocycles. The fraction of sp³-hybridized carbons (Fsp3) is 0.533. The number of rotatable bonds is 8. The highest BCUT2D eigenvalue weighted by atomic mass is 16.5. The van der Waals surface area contributed by atoms with Crippen molar-refractivity contribution in [2.75, 3.05) is 33.9 Å². The minimum Gasteiger partial charge on any atom is -0.385 e. The van der Waals surface area contributed by atoms with Gasteiger partial charge in [-0.15, -0.1) is 0 Å². The molecule has 0 aliphatic carbocycles. The zero-order valence-corrected chi connectivity index (χ0v) is 11.8. The molecule has 104 valence electrons. The van der Waals surface area contributed by atoms with Gasteiger partial charge in [0.25, 0.3) is 0 Å². The quantitative estimate of drug-likeness (QED) is 0.724. The van der Waals surface area contributed by atoms with Crippen LogP contribution in [0.4, 0.5) is 0 Å². The average Bonchev–Trinajstić information content (AvgIpc) is 2.46. The van der Waals surface area contributed by atoms with Gasteiger partial charge in [-0.05, 0) is 25.5 Å². The topological polar surface area (TPSA) is 62.3 Å². The third-order valence-corrected chi connectivity index (χ3v) is 3.26. The van der Waals surface area contributed by atoms with Crippen LogP contribution in [0.25, 0.3) is 0 Å². The first-order valence-corrected chi connectivity index (χ1v) is 6.55. The lowest BCUT2D eigenvalue weighted by molar-refractivity contribution is 0.177. The van der Waals surface area contributed by atoms with Crippen LogP contribution < -0.4 is 5.73 Å². The van der Waals surface area contributed by atoms with Crippen molar-refractivity contribution in [1.82, 2.24) is 4.90 Å². The second-order valence-corrected chi connectivity index (χ2v) is 4.85. The molecular formula is C15H23N3O. The van der Waals surface area contributed by atoms with Crippen LogP contribution in [0, 0.1) is 11.3 Å². The molecule has 1 aromatic carbocycles. The van der Waals surface area contributed by atoms with Gasteiger partial charge < -0.3 is 15.4 Å². The van der Waals surface area contributed by atoms with E-state index in [0.29, 0.717) is 6.42 Å². The predicted molar refractivity (Wildman–Crippen MR) is 76.5 cm³/mol. The monoisotopic (exact) mass is 261 g/mol. The molecule has 0 saturated heterocycles. The lowest BCUT2D eigenvalue weighted by Crippen LogP contribution is -2.38. The summed E-state index contributed by atoms with van der Waals surface area (Å²) >= 11 is 0. The van der Waals surface area contributed by atoms with Crippen LogP contribution >= 0.6 is 0 Å². The number of benzene rings is 1. The highest BCUT2D eigenvalue weighted by molar-refractivity contribution is 5.30. The fourth-order valence-electron chi connectivity index (χ4n) is 1.96. The summed E-state index contributed by atoms with van der Waals surface area (Å²) in [6.45, 7) is 2.50. The highest BCUT2D eigenvalue weighted by Crippen LogP contribution is 2.21. The number of nitriles is 1. The van der Waals surface area contributed by atoms with Crippen molar-refractivity contribution in [3.8, 4) is 6.07 Å². The smallest absolute Gasteiger partial charge is 0.131 e. The molecule has 0 amide bonds. The molecule has 4 nitrogen and oxygen atoms in total. The lowest BCUT2D eigenvalue weighted by atomic mass is 9.89. The molecule has 0 spiro atoms. The molecule has 0 aliphatic rings. The number of ether oxygens (including phenoxy) is 1. The summed E-state index contributed by atoms with van der Waals surface area (Å²) < 4.78 is 5.02. The molecule has 2 N–H and O–H groups in total. The minimum atomic E-state index is -0.906. The fourth-order valence-corrected chi connectivity index (χ4v) is 1.96. The number of methoxy groups -OCH3 is 1. The molecule has 1 rings (SSSR count). The van der Waals surface area contributed by atoms with Crippen molar-refractivity contribution in [3.63, 3.8) is 0 Å². The molecule has 1 atom stereocenters. The van der Waals surface area contributed by atoms with Crippen LogP contribution in [0.5, 0.6) is 0 Å². The average molecular weight is 261 g/mol. The van der Waals surface area contributed by atoms with Gasteiger partial charge in [0.15, 0.2) is 0 Å². The summed E-state index contributed by atoms with van der Waals surface area (Å²) in [5.41, 5.74) is 6.18. The SMILES string of the molecule is COCCCN(C)CCC(N)(C#N)c1ccccc1. The maximum Gasteiger partial charge on any atom is 0.131 e. The molecular weight excluding hydrogens is 238 g/mol. The number of nitrogens with zero attached hydrogens (tertiary/aromatic N) is 2. The maximum atomic E-state index is 9.35. The Hall–Kier alpha value is -1.41. The molecule has 0 aliphatic heterocycles. The standard InChI is InChI=1S/C15H23N3O/c1-18(10-6-12-19-2)11-9-15(17,13-16)14-7-4-3-5-8-14/h3-5,7-8H,6,9-12,17H2,1-2H3. The van der Waals surface area contributed by atoms with Gasteiger partial charge >= 0.3 is 0 Å². The third kappa shape index (κ3) is 4.99. The van der Waals surface area contributed by atoms with Crippen LogP contribution in [0.3, 0.4) is 0 Å². The van der Waals surface area contributed by atoms with Crippen molar-refractivity contribution in [2.24, 2.45) is 5.73 Å². The van der Waals surface area contributed by atoms with Crippen LogP contribution in [-0.4, -0.2) is 38.8 Å². The van der Waals surface area contributed by atoms with Crippen molar-refractivity contribution >= 4 is 0 Å². The number of hydrogen-bond donors (Lipinski definition) is 1. The van der Waals surface area contributed by atoms with Gasteiger partial charge in [-0.3, -0.25) is 0 Å². The van der Waals surface area contributed by atoms with Gasteiger partial charge in [-0.25, -0.2) is 0 Å². The molecule has 1 unspecified atom stereocenters. The Morgan fingerprint density at radius 1 is 1.32 bits per heavy atom. The largest absolute Gasteiger partial charge is 0.385 e. The van der Waals surface area contributed by atoms with E-state index >= 15 is 0 Å². The normalized spacial score (nSPS) is 14.1. The molecule has 0 fully saturated rings. The summed E-state index contributed by atoms with van der Waals surface area (Å²) in [5.74, 6) is 0. The van der Waals surface area contributed by atoms with Gasteiger partial charge in [-0.2, -0.15) is 5.26 Å². The van der Waals surface area contributed by atoms with Crippen LogP contribution in [0.15, 0.2) is 30.3 Å². The third-order valence-electron chi connectivity index (χ3n) is 3.26. The van der Waals surface area contributed by atoms with Gasteiger partial charge in [0.1, 0.15) is 5.54 Å². The summed E-state index contributed by atoms with van der Waals surface area (Å²) in [5, 5.41) is 9.35. The van der Waals surface area contributed by atoms with Crippen LogP contribution in [0.2, 0.25) is 0 Å². The predicted octanol–water partition coefficient (Wildman–Crippen LogP) is 1.72. The van der Waals surface area contributed by atoms with Crippen LogP contribution in [0.1, 0.15) is 18.4 Å². The van der Waals surface area contributed by atoms with Gasteiger partial charge in [0.05, 0.1) is 6.07 Å². The van der Waals surface area contributed by atoms with Crippen molar-refractivity contribution in [1.29, 1.82) is 5.26 Å². The van der Waals surface area contributed by atoms with E-state index in [1.807, 2.05) is 37.4 Å². The summed E-state index contributed by atoms with van der Waals surface area (Å²) in [6.07, 6.45) is 1.61. The highest BCUT2D eigenvalue weighted by Gasteiger charge is 2.26. The van der Waals surface area contributed by atoms with E-state index in [2.05, 4.69) is 11.0 Å². The van der Waals surface area contributed by atoms with E-state index in [4.69, 9.17) is 10.5 Å². The van der Waals surface area contributed by atoms with E-state index < -0.39 is 5.54 Å². The maximum absolute atomic E-state index is 9.35. The Balaban J connectivity index is 2.51. The second-order valence-electron chi connectivity index (χ2n) is 4.85. The Labute approximate surface area is 115 Å². The molecule has 19 heavy (non-hydrogen) atoms. The zero-order chi connectivity index (χ0) is 14.1. The van der Waals surface area contributed by atoms with Gasteiger partial charge in [0.2, 0.25) is 0 Å². The van der Waals surface area contributed by atoms with E-state index in [1.165, 1.54) is 0 Å². The van der Waals surface area contributed by atoms with Gasteiger partial charge in [0, 0.05) is 26.8 Å². The number of nitrogens with two attached hydrogens (primary N) is 1. The van der Waals surface area contributed by atoms with Crippen molar-refractivity contribution < 1.29 is 4.74 Å². The molecule has 4 heteroatoms. The van der Waals surface area contributed by atoms with E-state index in [0.717, 1.165) is 31.7 Å². The summed E-state index contributed by atoms with van der Waals surface area (Å²) in [4.78, 5) is 2.18. The Morgan fingerprint density at radius 3 is 2.58 bits per heavy atom. The zero-order valence-electron chi connectivity index (χ0n) is 11.8. The molecule has 0 heterocycles. The summed E-state index contributed by atoms with van der Waals surface area (Å²) in [6, 6.07) is 11.8. The first-order valence-electron chi connectivity index (χ1n) is 6.55. The first-order chi connectivity index (χ1) is 9.12. The Morgan fingerprint density at radius 2 is 2.00 bits per heavy atom. The first kappa shape index (κ1) is 15.6. The van der Waals surface area contributed by atoms with E-state index in [-0.39, 0.29) is 0 Å². The summed E-state index contributed by atoms with van der Waals surface area (Å²) in [7, 11) is 3.74. The van der Waals surface area contributed by atoms with Gasteiger partial charge in [-0.1, -0.05) is 30.3 Å². The lowest BCUT2D eigenvalue weighted by Gasteiger charge is -2.25.